The van der Waals surface area contributed by atoms with Gasteiger partial charge in [0.1, 0.15) is 0 Å². The molecule has 1 nitrogen and oxygen atoms in total. The van der Waals surface area contributed by atoms with E-state index in [0.717, 1.165) is 6.54 Å². The molecular weight excluding hydrogens is 237 g/mol. The summed E-state index contributed by atoms with van der Waals surface area (Å²) in [5.41, 5.74) is 3.73. The molecule has 2 saturated carbocycles. The van der Waals surface area contributed by atoms with Gasteiger partial charge in [0.2, 0.25) is 0 Å². The van der Waals surface area contributed by atoms with E-state index in [-0.39, 0.29) is 29.5 Å². The van der Waals surface area contributed by atoms with Gasteiger partial charge in [-0.05, 0) is 57.8 Å². The van der Waals surface area contributed by atoms with Gasteiger partial charge in [-0.1, -0.05) is 0 Å². The van der Waals surface area contributed by atoms with Gasteiger partial charge in [-0.2, -0.15) is 0 Å². The van der Waals surface area contributed by atoms with E-state index >= 15 is 0 Å². The van der Waals surface area contributed by atoms with Gasteiger partial charge in [0.25, 0.3) is 0 Å². The molecule has 2 rings (SSSR count). The molecule has 0 aliphatic heterocycles. The molecule has 0 aromatic carbocycles. The van der Waals surface area contributed by atoms with Crippen LogP contribution in [0.25, 0.3) is 0 Å². The van der Waals surface area contributed by atoms with E-state index in [2.05, 4.69) is 18.6 Å². The van der Waals surface area contributed by atoms with Crippen LogP contribution in [0.3, 0.4) is 0 Å². The molecule has 76 valence electrons. The third-order valence-corrected chi connectivity index (χ3v) is 1.58. The molecule has 0 aromatic heterocycles. The first kappa shape index (κ1) is 17.2. The van der Waals surface area contributed by atoms with Crippen LogP contribution in [0.1, 0.15) is 0 Å². The van der Waals surface area contributed by atoms with Crippen molar-refractivity contribution in [2.45, 2.75) is 0 Å². The Kier molecular flexibility index (Phi) is 14.5. The van der Waals surface area contributed by atoms with Crippen molar-refractivity contribution in [1.29, 1.82) is 0 Å². The van der Waals surface area contributed by atoms with Gasteiger partial charge in [-0.3, -0.25) is 0 Å². The number of hydrogen-bond acceptors (Lipinski definition) is 0. The molecule has 3 N–H and O–H groups in total. The van der Waals surface area contributed by atoms with Crippen LogP contribution in [0.2, 0.25) is 0 Å². The van der Waals surface area contributed by atoms with Gasteiger partial charge in [0.15, 0.2) is 0 Å². The summed E-state index contributed by atoms with van der Waals surface area (Å²) in [6.45, 7) is 0.910. The van der Waals surface area contributed by atoms with Gasteiger partial charge in [0, 0.05) is 5.92 Å². The van der Waals surface area contributed by atoms with Gasteiger partial charge < -0.3 is 18.1 Å². The van der Waals surface area contributed by atoms with Crippen LogP contribution in [0, 0.1) is 63.7 Å². The van der Waals surface area contributed by atoms with Gasteiger partial charge >= 0.3 is 17.1 Å². The number of rotatable bonds is 1. The standard InChI is InChI=1S/C6H8N.C5H5.ClH.Fe/c7-5-6-3-1-2-4-6;1-2-4-5-3-1;;/h1-4H,5,7H2;1-5H;1H;/q;;;+2. The second kappa shape index (κ2) is 11.8. The minimum atomic E-state index is 0. The van der Waals surface area contributed by atoms with E-state index in [1.165, 1.54) is 5.92 Å². The van der Waals surface area contributed by atoms with Crippen LogP contribution in [-0.2, 0) is 17.1 Å². The topological polar surface area (TPSA) is 27.6 Å². The first-order valence-electron chi connectivity index (χ1n) is 4.10. The van der Waals surface area contributed by atoms with E-state index in [0.29, 0.717) is 0 Å². The molecule has 0 amide bonds. The number of quaternary nitrogens is 1. The normalized spacial score (nSPS) is 20.4. The average molecular weight is 252 g/mol. The van der Waals surface area contributed by atoms with E-state index in [9.17, 15) is 0 Å². The second-order valence-corrected chi connectivity index (χ2v) is 2.51. The first-order chi connectivity index (χ1) is 5.93. The molecule has 0 heterocycles. The third-order valence-electron chi connectivity index (χ3n) is 1.58. The molecule has 0 unspecified atom stereocenters. The van der Waals surface area contributed by atoms with Crippen LogP contribution >= 0.6 is 0 Å². The number of halogens is 1. The SMILES string of the molecule is [CH]1[CH][CH][CH][CH]1.[Cl-].[Fe+2].[NH3+]C[C]1[CH][CH][CH][CH]1. The van der Waals surface area contributed by atoms with Crippen molar-refractivity contribution in [2.75, 3.05) is 6.54 Å². The van der Waals surface area contributed by atoms with Crippen molar-refractivity contribution in [3.63, 3.8) is 0 Å². The average Bonchev–Trinajstić information content (AvgIpc) is 2.81. The van der Waals surface area contributed by atoms with E-state index in [1.807, 2.05) is 44.9 Å². The Bertz CT molecular complexity index is 93.9. The van der Waals surface area contributed by atoms with Crippen LogP contribution in [-0.4, -0.2) is 6.54 Å². The van der Waals surface area contributed by atoms with Crippen molar-refractivity contribution in [1.82, 2.24) is 0 Å². The molecule has 3 heteroatoms. The zero-order valence-electron chi connectivity index (χ0n) is 7.84. The van der Waals surface area contributed by atoms with Crippen LogP contribution in [0.4, 0.5) is 0 Å². The molecule has 0 aromatic rings. The Balaban J connectivity index is 0. The van der Waals surface area contributed by atoms with Gasteiger partial charge in [-0.15, -0.1) is 0 Å². The Morgan fingerprint density at radius 2 is 1.14 bits per heavy atom. The molecule has 2 aliphatic rings. The van der Waals surface area contributed by atoms with Gasteiger partial charge in [-0.25, -0.2) is 0 Å². The molecule has 2 fully saturated rings. The predicted molar refractivity (Wildman–Crippen MR) is 49.7 cm³/mol. The van der Waals surface area contributed by atoms with E-state index in [4.69, 9.17) is 0 Å². The fourth-order valence-electron chi connectivity index (χ4n) is 0.901. The van der Waals surface area contributed by atoms with Crippen molar-refractivity contribution >= 4 is 0 Å². The summed E-state index contributed by atoms with van der Waals surface area (Å²) in [7, 11) is 0. The maximum Gasteiger partial charge on any atom is 2.00 e. The minimum Gasteiger partial charge on any atom is -1.00 e. The largest absolute Gasteiger partial charge is 2.00 e. The molecule has 2 aliphatic carbocycles. The smallest absolute Gasteiger partial charge is 1.00 e. The van der Waals surface area contributed by atoms with Gasteiger partial charge in [0.05, 0.1) is 6.54 Å². The van der Waals surface area contributed by atoms with Crippen molar-refractivity contribution < 1.29 is 35.2 Å². The summed E-state index contributed by atoms with van der Waals surface area (Å²) >= 11 is 0. The molecule has 0 atom stereocenters. The Morgan fingerprint density at radius 1 is 0.786 bits per heavy atom. The fraction of sp³-hybridized carbons (Fsp3) is 0.0909. The Morgan fingerprint density at radius 3 is 1.36 bits per heavy atom. The van der Waals surface area contributed by atoms with Crippen molar-refractivity contribution in [2.24, 2.45) is 0 Å². The molecule has 0 saturated heterocycles. The maximum atomic E-state index is 3.73. The monoisotopic (exact) mass is 251 g/mol. The van der Waals surface area contributed by atoms with E-state index in [1.54, 1.807) is 0 Å². The van der Waals surface area contributed by atoms with Crippen molar-refractivity contribution in [3.05, 3.63) is 63.7 Å². The molecule has 0 spiro atoms. The van der Waals surface area contributed by atoms with Crippen LogP contribution < -0.4 is 18.1 Å². The zero-order valence-corrected chi connectivity index (χ0v) is 9.70. The first-order valence-corrected chi connectivity index (χ1v) is 4.10. The second-order valence-electron chi connectivity index (χ2n) is 2.51. The summed E-state index contributed by atoms with van der Waals surface area (Å²) in [4.78, 5) is 0. The minimum absolute atomic E-state index is 0. The Labute approximate surface area is 105 Å². The van der Waals surface area contributed by atoms with E-state index < -0.39 is 0 Å². The van der Waals surface area contributed by atoms with Crippen molar-refractivity contribution in [3.8, 4) is 0 Å². The van der Waals surface area contributed by atoms with Crippen LogP contribution in [0.5, 0.6) is 0 Å². The molecule has 14 heavy (non-hydrogen) atoms. The number of hydrogen-bond donors (Lipinski definition) is 1. The predicted octanol–water partition coefficient (Wildman–Crippen LogP) is -2.34. The molecular formula is C11H14ClFeN+2. The quantitative estimate of drug-likeness (QED) is 0.506. The zero-order chi connectivity index (χ0) is 8.65. The molecule has 10 radical (unpaired) electrons. The summed E-state index contributed by atoms with van der Waals surface area (Å²) in [6.07, 6.45) is 18.2. The molecule has 0 bridgehead atoms. The fourth-order valence-corrected chi connectivity index (χ4v) is 0.901. The summed E-state index contributed by atoms with van der Waals surface area (Å²) in [6, 6.07) is 0. The third kappa shape index (κ3) is 8.11. The summed E-state index contributed by atoms with van der Waals surface area (Å²) < 4.78 is 0. The van der Waals surface area contributed by atoms with Crippen LogP contribution in [0.15, 0.2) is 0 Å². The Hall–Kier alpha value is 0.769. The summed E-state index contributed by atoms with van der Waals surface area (Å²) in [5, 5.41) is 0. The summed E-state index contributed by atoms with van der Waals surface area (Å²) in [5.74, 6) is 1.32. The maximum absolute atomic E-state index is 3.73.